The SMILES string of the molecule is CC(C)Oc1cccc(CN2C[C@@H](N)[C@H](c3ccccc3)C2)c1. The van der Waals surface area contributed by atoms with Crippen molar-refractivity contribution in [1.82, 2.24) is 4.90 Å². The maximum atomic E-state index is 6.38. The number of nitrogens with zero attached hydrogens (tertiary/aromatic N) is 1. The van der Waals surface area contributed by atoms with E-state index in [-0.39, 0.29) is 12.1 Å². The van der Waals surface area contributed by atoms with Gasteiger partial charge >= 0.3 is 0 Å². The molecule has 2 aromatic rings. The van der Waals surface area contributed by atoms with Crippen LogP contribution >= 0.6 is 0 Å². The van der Waals surface area contributed by atoms with Gasteiger partial charge in [0.15, 0.2) is 0 Å². The number of hydrogen-bond acceptors (Lipinski definition) is 3. The molecule has 23 heavy (non-hydrogen) atoms. The van der Waals surface area contributed by atoms with Gasteiger partial charge in [-0.2, -0.15) is 0 Å². The lowest BCUT2D eigenvalue weighted by molar-refractivity contribution is 0.241. The van der Waals surface area contributed by atoms with Crippen LogP contribution in [0, 0.1) is 0 Å². The Labute approximate surface area is 139 Å². The van der Waals surface area contributed by atoms with Gasteiger partial charge in [-0.15, -0.1) is 0 Å². The van der Waals surface area contributed by atoms with Gasteiger partial charge in [0.1, 0.15) is 5.75 Å². The summed E-state index contributed by atoms with van der Waals surface area (Å²) in [5, 5.41) is 0. The third kappa shape index (κ3) is 4.12. The summed E-state index contributed by atoms with van der Waals surface area (Å²) < 4.78 is 5.79. The van der Waals surface area contributed by atoms with Gasteiger partial charge in [-0.1, -0.05) is 42.5 Å². The Morgan fingerprint density at radius 1 is 1.09 bits per heavy atom. The van der Waals surface area contributed by atoms with E-state index in [1.54, 1.807) is 0 Å². The fourth-order valence-electron chi connectivity index (χ4n) is 3.34. The molecule has 0 aliphatic carbocycles. The number of benzene rings is 2. The van der Waals surface area contributed by atoms with E-state index in [4.69, 9.17) is 10.5 Å². The van der Waals surface area contributed by atoms with Crippen LogP contribution in [-0.2, 0) is 6.54 Å². The molecule has 0 unspecified atom stereocenters. The lowest BCUT2D eigenvalue weighted by atomic mass is 9.95. The minimum Gasteiger partial charge on any atom is -0.491 e. The summed E-state index contributed by atoms with van der Waals surface area (Å²) in [5.74, 6) is 1.37. The maximum Gasteiger partial charge on any atom is 0.120 e. The Morgan fingerprint density at radius 3 is 2.61 bits per heavy atom. The summed E-state index contributed by atoms with van der Waals surface area (Å²) in [6, 6.07) is 19.2. The van der Waals surface area contributed by atoms with E-state index in [0.29, 0.717) is 5.92 Å². The van der Waals surface area contributed by atoms with Gasteiger partial charge in [-0.25, -0.2) is 0 Å². The Morgan fingerprint density at radius 2 is 1.87 bits per heavy atom. The van der Waals surface area contributed by atoms with Gasteiger partial charge < -0.3 is 10.5 Å². The van der Waals surface area contributed by atoms with Crippen molar-refractivity contribution in [3.8, 4) is 5.75 Å². The molecule has 1 heterocycles. The molecular formula is C20H26N2O. The first-order valence-electron chi connectivity index (χ1n) is 8.40. The summed E-state index contributed by atoms with van der Waals surface area (Å²) in [5.41, 5.74) is 9.01. The number of likely N-dealkylation sites (tertiary alicyclic amines) is 1. The van der Waals surface area contributed by atoms with E-state index in [1.165, 1.54) is 11.1 Å². The normalized spacial score (nSPS) is 21.7. The Kier molecular flexibility index (Phi) is 4.99. The van der Waals surface area contributed by atoms with E-state index in [9.17, 15) is 0 Å². The van der Waals surface area contributed by atoms with Crippen molar-refractivity contribution < 1.29 is 4.74 Å². The topological polar surface area (TPSA) is 38.5 Å². The second-order valence-corrected chi connectivity index (χ2v) is 6.69. The monoisotopic (exact) mass is 310 g/mol. The van der Waals surface area contributed by atoms with E-state index < -0.39 is 0 Å². The van der Waals surface area contributed by atoms with Gasteiger partial charge in [0.05, 0.1) is 6.10 Å². The van der Waals surface area contributed by atoms with Crippen LogP contribution in [0.5, 0.6) is 5.75 Å². The highest BCUT2D eigenvalue weighted by molar-refractivity contribution is 5.29. The molecule has 3 heteroatoms. The van der Waals surface area contributed by atoms with Crippen molar-refractivity contribution in [2.24, 2.45) is 5.73 Å². The average molecular weight is 310 g/mol. The van der Waals surface area contributed by atoms with Crippen molar-refractivity contribution in [2.45, 2.75) is 38.5 Å². The van der Waals surface area contributed by atoms with Crippen LogP contribution in [0.4, 0.5) is 0 Å². The molecule has 1 aliphatic rings. The van der Waals surface area contributed by atoms with Gasteiger partial charge in [0, 0.05) is 31.6 Å². The van der Waals surface area contributed by atoms with Crippen molar-refractivity contribution in [3.63, 3.8) is 0 Å². The number of ether oxygens (including phenoxy) is 1. The summed E-state index contributed by atoms with van der Waals surface area (Å²) >= 11 is 0. The fourth-order valence-corrected chi connectivity index (χ4v) is 3.34. The summed E-state index contributed by atoms with van der Waals surface area (Å²) in [7, 11) is 0. The lowest BCUT2D eigenvalue weighted by Crippen LogP contribution is -2.28. The van der Waals surface area contributed by atoms with Crippen LogP contribution in [0.15, 0.2) is 54.6 Å². The van der Waals surface area contributed by atoms with Gasteiger partial charge in [0.25, 0.3) is 0 Å². The highest BCUT2D eigenvalue weighted by Crippen LogP contribution is 2.28. The van der Waals surface area contributed by atoms with Crippen molar-refractivity contribution in [3.05, 3.63) is 65.7 Å². The molecule has 2 atom stereocenters. The molecule has 0 saturated carbocycles. The van der Waals surface area contributed by atoms with Gasteiger partial charge in [-0.3, -0.25) is 4.90 Å². The first-order valence-corrected chi connectivity index (χ1v) is 8.40. The number of nitrogens with two attached hydrogens (primary N) is 1. The van der Waals surface area contributed by atoms with Crippen LogP contribution in [0.2, 0.25) is 0 Å². The summed E-state index contributed by atoms with van der Waals surface area (Å²) in [6.07, 6.45) is 0.202. The molecule has 3 nitrogen and oxygen atoms in total. The summed E-state index contributed by atoms with van der Waals surface area (Å²) in [4.78, 5) is 2.44. The lowest BCUT2D eigenvalue weighted by Gasteiger charge is -2.17. The first kappa shape index (κ1) is 16.0. The second kappa shape index (κ2) is 7.16. The maximum absolute atomic E-state index is 6.38. The molecular weight excluding hydrogens is 284 g/mol. The number of hydrogen-bond donors (Lipinski definition) is 1. The molecule has 1 fully saturated rings. The standard InChI is InChI=1S/C20H26N2O/c1-15(2)23-18-10-6-7-16(11-18)12-22-13-19(20(21)14-22)17-8-4-3-5-9-17/h3-11,15,19-20H,12-14,21H2,1-2H3/t19-,20+/m0/s1. The molecule has 0 radical (unpaired) electrons. The second-order valence-electron chi connectivity index (χ2n) is 6.69. The molecule has 0 aromatic heterocycles. The molecule has 3 rings (SSSR count). The van der Waals surface area contributed by atoms with Crippen molar-refractivity contribution >= 4 is 0 Å². The van der Waals surface area contributed by atoms with Gasteiger partial charge in [-0.05, 0) is 37.1 Å². The van der Waals surface area contributed by atoms with Crippen LogP contribution in [0.1, 0.15) is 30.9 Å². The fraction of sp³-hybridized carbons (Fsp3) is 0.400. The Balaban J connectivity index is 1.65. The molecule has 122 valence electrons. The molecule has 1 saturated heterocycles. The Bertz CT molecular complexity index is 627. The van der Waals surface area contributed by atoms with Crippen molar-refractivity contribution in [1.29, 1.82) is 0 Å². The predicted octanol–water partition coefficient (Wildman–Crippen LogP) is 3.40. The van der Waals surface area contributed by atoms with E-state index in [0.717, 1.165) is 25.4 Å². The van der Waals surface area contributed by atoms with Crippen molar-refractivity contribution in [2.75, 3.05) is 13.1 Å². The zero-order chi connectivity index (χ0) is 16.2. The molecule has 2 aromatic carbocycles. The van der Waals surface area contributed by atoms with E-state index >= 15 is 0 Å². The molecule has 1 aliphatic heterocycles. The van der Waals surface area contributed by atoms with E-state index in [2.05, 4.69) is 67.3 Å². The van der Waals surface area contributed by atoms with Gasteiger partial charge in [0.2, 0.25) is 0 Å². The molecule has 0 spiro atoms. The molecule has 0 bridgehead atoms. The molecule has 0 amide bonds. The third-order valence-corrected chi connectivity index (χ3v) is 4.34. The Hall–Kier alpha value is -1.84. The van der Waals surface area contributed by atoms with Crippen LogP contribution in [0.25, 0.3) is 0 Å². The summed E-state index contributed by atoms with van der Waals surface area (Å²) in [6.45, 7) is 6.98. The zero-order valence-electron chi connectivity index (χ0n) is 14.0. The third-order valence-electron chi connectivity index (χ3n) is 4.34. The van der Waals surface area contributed by atoms with Crippen LogP contribution in [0.3, 0.4) is 0 Å². The number of rotatable bonds is 5. The van der Waals surface area contributed by atoms with Crippen LogP contribution < -0.4 is 10.5 Å². The highest BCUT2D eigenvalue weighted by Gasteiger charge is 2.30. The quantitative estimate of drug-likeness (QED) is 0.920. The van der Waals surface area contributed by atoms with E-state index in [1.807, 2.05) is 6.07 Å². The zero-order valence-corrected chi connectivity index (χ0v) is 14.0. The minimum atomic E-state index is 0.201. The smallest absolute Gasteiger partial charge is 0.120 e. The van der Waals surface area contributed by atoms with Crippen LogP contribution in [-0.4, -0.2) is 30.1 Å². The predicted molar refractivity (Wildman–Crippen MR) is 94.6 cm³/mol. The average Bonchev–Trinajstić information content (AvgIpc) is 2.88. The first-order chi connectivity index (χ1) is 11.1. The highest BCUT2D eigenvalue weighted by atomic mass is 16.5. The minimum absolute atomic E-state index is 0.201. The largest absolute Gasteiger partial charge is 0.491 e. The molecule has 2 N–H and O–H groups in total.